The minimum absolute atomic E-state index is 0.269. The summed E-state index contributed by atoms with van der Waals surface area (Å²) in [5, 5.41) is 0. The van der Waals surface area contributed by atoms with Crippen LogP contribution in [0.15, 0.2) is 24.5 Å². The van der Waals surface area contributed by atoms with E-state index in [2.05, 4.69) is 11.4 Å². The molecular weight excluding hydrogens is 192 g/mol. The summed E-state index contributed by atoms with van der Waals surface area (Å²) in [5.41, 5.74) is 0. The number of amides is 1. The Morgan fingerprint density at radius 2 is 1.93 bits per heavy atom. The van der Waals surface area contributed by atoms with E-state index < -0.39 is 0 Å². The van der Waals surface area contributed by atoms with Crippen molar-refractivity contribution >= 4 is 6.09 Å². The van der Waals surface area contributed by atoms with Gasteiger partial charge in [0.15, 0.2) is 0 Å². The Bertz CT molecular complexity index is 321. The third kappa shape index (κ3) is 2.68. The first kappa shape index (κ1) is 9.96. The van der Waals surface area contributed by atoms with Gasteiger partial charge in [0, 0.05) is 25.5 Å². The van der Waals surface area contributed by atoms with Crippen molar-refractivity contribution in [3.05, 3.63) is 30.9 Å². The van der Waals surface area contributed by atoms with Gasteiger partial charge in [-0.3, -0.25) is 4.98 Å². The Hall–Kier alpha value is -1.58. The molecular formula is C11H13N2O2. The number of carbonyl (C=O) groups is 1. The van der Waals surface area contributed by atoms with Crippen LogP contribution in [-0.4, -0.2) is 29.1 Å². The Balaban J connectivity index is 1.91. The summed E-state index contributed by atoms with van der Waals surface area (Å²) in [6.07, 6.45) is 7.03. The van der Waals surface area contributed by atoms with Crippen molar-refractivity contribution in [3.8, 4) is 5.75 Å². The van der Waals surface area contributed by atoms with Crippen LogP contribution < -0.4 is 4.74 Å². The second-order valence-corrected chi connectivity index (χ2v) is 3.40. The molecule has 4 nitrogen and oxygen atoms in total. The standard InChI is InChI=1S/C11H13N2O2/c14-11(13-8-2-1-3-9-13)15-10-4-6-12-7-5-10/h1,4-7H,2-3,8-9H2. The maximum absolute atomic E-state index is 11.6. The lowest BCUT2D eigenvalue weighted by Crippen LogP contribution is -2.37. The molecule has 0 bridgehead atoms. The first-order chi connectivity index (χ1) is 7.36. The van der Waals surface area contributed by atoms with E-state index in [9.17, 15) is 4.79 Å². The Morgan fingerprint density at radius 3 is 2.60 bits per heavy atom. The molecule has 2 heterocycles. The molecule has 1 amide bonds. The number of ether oxygens (including phenoxy) is 1. The average molecular weight is 205 g/mol. The quantitative estimate of drug-likeness (QED) is 0.703. The van der Waals surface area contributed by atoms with E-state index in [1.54, 1.807) is 29.4 Å². The lowest BCUT2D eigenvalue weighted by atomic mass is 10.1. The number of pyridine rings is 1. The minimum atomic E-state index is -0.269. The SMILES string of the molecule is O=C(Oc1ccncc1)N1CC[CH]CC1. The van der Waals surface area contributed by atoms with Gasteiger partial charge in [-0.25, -0.2) is 4.79 Å². The maximum Gasteiger partial charge on any atom is 0.415 e. The fourth-order valence-electron chi connectivity index (χ4n) is 1.50. The third-order valence-corrected chi connectivity index (χ3v) is 2.32. The molecule has 1 aliphatic rings. The number of likely N-dealkylation sites (tertiary alicyclic amines) is 1. The van der Waals surface area contributed by atoms with Gasteiger partial charge in [-0.1, -0.05) is 0 Å². The molecule has 15 heavy (non-hydrogen) atoms. The zero-order valence-corrected chi connectivity index (χ0v) is 8.43. The zero-order valence-electron chi connectivity index (χ0n) is 8.43. The van der Waals surface area contributed by atoms with Crippen molar-refractivity contribution in [3.63, 3.8) is 0 Å². The van der Waals surface area contributed by atoms with Gasteiger partial charge in [0.1, 0.15) is 5.75 Å². The van der Waals surface area contributed by atoms with Crippen molar-refractivity contribution < 1.29 is 9.53 Å². The Kier molecular flexibility index (Phi) is 3.17. The van der Waals surface area contributed by atoms with Gasteiger partial charge < -0.3 is 9.64 Å². The van der Waals surface area contributed by atoms with E-state index in [0.717, 1.165) is 25.9 Å². The van der Waals surface area contributed by atoms with Crippen LogP contribution in [-0.2, 0) is 0 Å². The second-order valence-electron chi connectivity index (χ2n) is 3.40. The Morgan fingerprint density at radius 1 is 1.27 bits per heavy atom. The van der Waals surface area contributed by atoms with E-state index in [1.807, 2.05) is 0 Å². The van der Waals surface area contributed by atoms with Crippen molar-refractivity contribution in [2.45, 2.75) is 12.8 Å². The van der Waals surface area contributed by atoms with E-state index in [1.165, 1.54) is 0 Å². The normalized spacial score (nSPS) is 16.1. The van der Waals surface area contributed by atoms with Gasteiger partial charge in [-0.05, 0) is 31.4 Å². The van der Waals surface area contributed by atoms with E-state index >= 15 is 0 Å². The van der Waals surface area contributed by atoms with E-state index in [0.29, 0.717) is 5.75 Å². The highest BCUT2D eigenvalue weighted by Gasteiger charge is 2.18. The second kappa shape index (κ2) is 4.77. The zero-order chi connectivity index (χ0) is 10.5. The molecule has 2 rings (SSSR count). The molecule has 1 radical (unpaired) electrons. The lowest BCUT2D eigenvalue weighted by molar-refractivity contribution is 0.148. The molecule has 1 saturated heterocycles. The Labute approximate surface area is 88.9 Å². The number of piperidine rings is 1. The lowest BCUT2D eigenvalue weighted by Gasteiger charge is -2.25. The molecule has 0 spiro atoms. The molecule has 0 atom stereocenters. The highest BCUT2D eigenvalue weighted by Crippen LogP contribution is 2.12. The number of hydrogen-bond acceptors (Lipinski definition) is 3. The summed E-state index contributed by atoms with van der Waals surface area (Å²) in [4.78, 5) is 17.2. The fourth-order valence-corrected chi connectivity index (χ4v) is 1.50. The first-order valence-electron chi connectivity index (χ1n) is 5.05. The van der Waals surface area contributed by atoms with Crippen LogP contribution in [0.1, 0.15) is 12.8 Å². The van der Waals surface area contributed by atoms with Crippen molar-refractivity contribution in [1.82, 2.24) is 9.88 Å². The van der Waals surface area contributed by atoms with Crippen LogP contribution in [0, 0.1) is 6.42 Å². The highest BCUT2D eigenvalue weighted by molar-refractivity contribution is 5.70. The third-order valence-electron chi connectivity index (χ3n) is 2.32. The average Bonchev–Trinajstić information content (AvgIpc) is 2.31. The topological polar surface area (TPSA) is 42.4 Å². The molecule has 1 aliphatic heterocycles. The fraction of sp³-hybridized carbons (Fsp3) is 0.364. The summed E-state index contributed by atoms with van der Waals surface area (Å²) in [6, 6.07) is 3.35. The van der Waals surface area contributed by atoms with Gasteiger partial charge in [-0.15, -0.1) is 0 Å². The minimum Gasteiger partial charge on any atom is -0.410 e. The number of aromatic nitrogens is 1. The van der Waals surface area contributed by atoms with Crippen LogP contribution in [0.5, 0.6) is 5.75 Å². The summed E-state index contributed by atoms with van der Waals surface area (Å²) < 4.78 is 5.19. The number of carbonyl (C=O) groups excluding carboxylic acids is 1. The molecule has 1 aromatic heterocycles. The molecule has 0 unspecified atom stereocenters. The largest absolute Gasteiger partial charge is 0.415 e. The van der Waals surface area contributed by atoms with Gasteiger partial charge in [0.2, 0.25) is 0 Å². The summed E-state index contributed by atoms with van der Waals surface area (Å²) in [5.74, 6) is 0.546. The predicted octanol–water partition coefficient (Wildman–Crippen LogP) is 1.88. The molecule has 79 valence electrons. The monoisotopic (exact) mass is 205 g/mol. The highest BCUT2D eigenvalue weighted by atomic mass is 16.6. The number of hydrogen-bond donors (Lipinski definition) is 0. The van der Waals surface area contributed by atoms with E-state index in [4.69, 9.17) is 4.74 Å². The molecule has 0 saturated carbocycles. The molecule has 1 aromatic rings. The van der Waals surface area contributed by atoms with Crippen molar-refractivity contribution in [2.75, 3.05) is 13.1 Å². The number of rotatable bonds is 1. The molecule has 4 heteroatoms. The molecule has 0 aliphatic carbocycles. The van der Waals surface area contributed by atoms with Gasteiger partial charge in [0.25, 0.3) is 0 Å². The van der Waals surface area contributed by atoms with E-state index in [-0.39, 0.29) is 6.09 Å². The molecule has 0 N–H and O–H groups in total. The van der Waals surface area contributed by atoms with Gasteiger partial charge >= 0.3 is 6.09 Å². The molecule has 1 fully saturated rings. The van der Waals surface area contributed by atoms with Crippen LogP contribution in [0.25, 0.3) is 0 Å². The van der Waals surface area contributed by atoms with Crippen LogP contribution in [0.3, 0.4) is 0 Å². The number of nitrogens with zero attached hydrogens (tertiary/aromatic N) is 2. The van der Waals surface area contributed by atoms with Crippen LogP contribution in [0.2, 0.25) is 0 Å². The predicted molar refractivity (Wildman–Crippen MR) is 55.4 cm³/mol. The van der Waals surface area contributed by atoms with Crippen LogP contribution in [0.4, 0.5) is 4.79 Å². The molecule has 0 aromatic carbocycles. The smallest absolute Gasteiger partial charge is 0.410 e. The summed E-state index contributed by atoms with van der Waals surface area (Å²) >= 11 is 0. The maximum atomic E-state index is 11.6. The summed E-state index contributed by atoms with van der Waals surface area (Å²) in [7, 11) is 0. The van der Waals surface area contributed by atoms with Crippen LogP contribution >= 0.6 is 0 Å². The van der Waals surface area contributed by atoms with Crippen molar-refractivity contribution in [1.29, 1.82) is 0 Å². The van der Waals surface area contributed by atoms with Gasteiger partial charge in [-0.2, -0.15) is 0 Å². The van der Waals surface area contributed by atoms with Gasteiger partial charge in [0.05, 0.1) is 0 Å². The first-order valence-corrected chi connectivity index (χ1v) is 5.05. The summed E-state index contributed by atoms with van der Waals surface area (Å²) in [6.45, 7) is 1.51. The van der Waals surface area contributed by atoms with Crippen molar-refractivity contribution in [2.24, 2.45) is 0 Å².